The van der Waals surface area contributed by atoms with Crippen molar-refractivity contribution in [2.24, 2.45) is 0 Å². The first kappa shape index (κ1) is 8.21. The second-order valence-electron chi connectivity index (χ2n) is 2.19. The second kappa shape index (κ2) is 4.09. The van der Waals surface area contributed by atoms with Crippen molar-refractivity contribution >= 4 is 17.9 Å². The van der Waals surface area contributed by atoms with Crippen LogP contribution >= 0.6 is 11.6 Å². The molecule has 0 atom stereocenters. The summed E-state index contributed by atoms with van der Waals surface area (Å²) in [6, 6.07) is 3.60. The van der Waals surface area contributed by atoms with E-state index in [1.807, 2.05) is 6.07 Å². The number of halogens is 1. The summed E-state index contributed by atoms with van der Waals surface area (Å²) in [5.41, 5.74) is 1.04. The molecule has 0 amide bonds. The third-order valence-electron chi connectivity index (χ3n) is 1.34. The Bertz CT molecular complexity index is 232. The highest BCUT2D eigenvalue weighted by atomic mass is 35.5. The van der Waals surface area contributed by atoms with Crippen molar-refractivity contribution in [2.45, 2.75) is 12.8 Å². The molecule has 0 spiro atoms. The number of aromatic nitrogens is 1. The fourth-order valence-electron chi connectivity index (χ4n) is 0.780. The molecular weight excluding hydrogens is 162 g/mol. The van der Waals surface area contributed by atoms with E-state index < -0.39 is 0 Å². The van der Waals surface area contributed by atoms with Gasteiger partial charge in [-0.1, -0.05) is 17.7 Å². The van der Waals surface area contributed by atoms with Crippen LogP contribution in [0.2, 0.25) is 5.15 Å². The molecule has 58 valence electrons. The Balaban J connectivity index is 2.58. The molecule has 0 N–H and O–H groups in total. The van der Waals surface area contributed by atoms with Gasteiger partial charge in [0.15, 0.2) is 0 Å². The molecule has 0 bridgehead atoms. The molecule has 3 heteroatoms. The standard InChI is InChI=1S/C8H8ClNO/c9-8-4-3-7(6-10-8)2-1-5-11/h3-6H,1-2H2. The summed E-state index contributed by atoms with van der Waals surface area (Å²) in [6.45, 7) is 0. The summed E-state index contributed by atoms with van der Waals surface area (Å²) in [5, 5.41) is 0.486. The summed E-state index contributed by atoms with van der Waals surface area (Å²) in [5.74, 6) is 0. The van der Waals surface area contributed by atoms with Gasteiger partial charge in [-0.05, 0) is 18.1 Å². The summed E-state index contributed by atoms with van der Waals surface area (Å²) < 4.78 is 0. The number of nitrogens with zero attached hydrogens (tertiary/aromatic N) is 1. The quantitative estimate of drug-likeness (QED) is 0.511. The van der Waals surface area contributed by atoms with Crippen molar-refractivity contribution in [3.8, 4) is 0 Å². The zero-order valence-electron chi connectivity index (χ0n) is 5.96. The molecule has 11 heavy (non-hydrogen) atoms. The minimum Gasteiger partial charge on any atom is -0.303 e. The van der Waals surface area contributed by atoms with Crippen molar-refractivity contribution in [1.29, 1.82) is 0 Å². The number of carbonyl (C=O) groups is 1. The number of pyridine rings is 1. The monoisotopic (exact) mass is 169 g/mol. The Morgan fingerprint density at radius 1 is 1.55 bits per heavy atom. The second-order valence-corrected chi connectivity index (χ2v) is 2.58. The molecule has 1 rings (SSSR count). The highest BCUT2D eigenvalue weighted by Gasteiger charge is 1.92. The number of carbonyl (C=O) groups excluding carboxylic acids is 1. The van der Waals surface area contributed by atoms with Gasteiger partial charge in [-0.25, -0.2) is 4.98 Å². The summed E-state index contributed by atoms with van der Waals surface area (Å²) in [7, 11) is 0. The van der Waals surface area contributed by atoms with Gasteiger partial charge in [0.1, 0.15) is 11.4 Å². The van der Waals surface area contributed by atoms with Crippen molar-refractivity contribution in [3.63, 3.8) is 0 Å². The lowest BCUT2D eigenvalue weighted by Crippen LogP contribution is -1.86. The molecule has 2 nitrogen and oxygen atoms in total. The van der Waals surface area contributed by atoms with E-state index in [2.05, 4.69) is 4.98 Å². The van der Waals surface area contributed by atoms with Crippen LogP contribution in [-0.2, 0) is 11.2 Å². The van der Waals surface area contributed by atoms with Crippen molar-refractivity contribution in [1.82, 2.24) is 4.98 Å². The van der Waals surface area contributed by atoms with E-state index >= 15 is 0 Å². The minimum atomic E-state index is 0.486. The molecule has 0 unspecified atom stereocenters. The maximum Gasteiger partial charge on any atom is 0.129 e. The van der Waals surface area contributed by atoms with Gasteiger partial charge in [0.25, 0.3) is 0 Å². The maximum absolute atomic E-state index is 10.00. The van der Waals surface area contributed by atoms with E-state index in [-0.39, 0.29) is 0 Å². The Hall–Kier alpha value is -0.890. The average Bonchev–Trinajstić information content (AvgIpc) is 2.04. The fraction of sp³-hybridized carbons (Fsp3) is 0.250. The number of rotatable bonds is 3. The number of aldehydes is 1. The minimum absolute atomic E-state index is 0.486. The van der Waals surface area contributed by atoms with Crippen LogP contribution in [-0.4, -0.2) is 11.3 Å². The molecule has 0 aliphatic rings. The summed E-state index contributed by atoms with van der Waals surface area (Å²) in [6.07, 6.45) is 3.87. The third-order valence-corrected chi connectivity index (χ3v) is 1.56. The predicted molar refractivity (Wildman–Crippen MR) is 43.6 cm³/mol. The van der Waals surface area contributed by atoms with Crippen LogP contribution in [0.25, 0.3) is 0 Å². The lowest BCUT2D eigenvalue weighted by atomic mass is 10.2. The van der Waals surface area contributed by atoms with Gasteiger partial charge in [0.2, 0.25) is 0 Å². The van der Waals surface area contributed by atoms with Gasteiger partial charge < -0.3 is 4.79 Å². The fourth-order valence-corrected chi connectivity index (χ4v) is 0.892. The topological polar surface area (TPSA) is 30.0 Å². The van der Waals surface area contributed by atoms with Gasteiger partial charge in [0.05, 0.1) is 0 Å². The van der Waals surface area contributed by atoms with Crippen LogP contribution in [0.1, 0.15) is 12.0 Å². The van der Waals surface area contributed by atoms with Gasteiger partial charge in [-0.2, -0.15) is 0 Å². The van der Waals surface area contributed by atoms with Crippen molar-refractivity contribution in [3.05, 3.63) is 29.0 Å². The van der Waals surface area contributed by atoms with Gasteiger partial charge in [0, 0.05) is 12.6 Å². The lowest BCUT2D eigenvalue weighted by molar-refractivity contribution is -0.107. The maximum atomic E-state index is 10.00. The highest BCUT2D eigenvalue weighted by Crippen LogP contribution is 2.06. The molecule has 0 saturated heterocycles. The van der Waals surface area contributed by atoms with Crippen LogP contribution in [0.3, 0.4) is 0 Å². The largest absolute Gasteiger partial charge is 0.303 e. The van der Waals surface area contributed by atoms with Crippen molar-refractivity contribution in [2.75, 3.05) is 0 Å². The van der Waals surface area contributed by atoms with Gasteiger partial charge >= 0.3 is 0 Å². The highest BCUT2D eigenvalue weighted by molar-refractivity contribution is 6.29. The third kappa shape index (κ3) is 2.68. The first-order chi connectivity index (χ1) is 5.33. The van der Waals surface area contributed by atoms with E-state index in [9.17, 15) is 4.79 Å². The Morgan fingerprint density at radius 3 is 2.91 bits per heavy atom. The molecular formula is C8H8ClNO. The zero-order chi connectivity index (χ0) is 8.10. The van der Waals surface area contributed by atoms with Crippen LogP contribution in [0.4, 0.5) is 0 Å². The number of aryl methyl sites for hydroxylation is 1. The Labute approximate surface area is 70.2 Å². The first-order valence-electron chi connectivity index (χ1n) is 3.37. The first-order valence-corrected chi connectivity index (χ1v) is 3.75. The average molecular weight is 170 g/mol. The molecule has 1 heterocycles. The van der Waals surface area contributed by atoms with Gasteiger partial charge in [-0.15, -0.1) is 0 Å². The smallest absolute Gasteiger partial charge is 0.129 e. The Kier molecular flexibility index (Phi) is 3.05. The van der Waals surface area contributed by atoms with Crippen LogP contribution in [0.15, 0.2) is 18.3 Å². The molecule has 1 aromatic heterocycles. The zero-order valence-corrected chi connectivity index (χ0v) is 6.71. The van der Waals surface area contributed by atoms with E-state index in [0.717, 1.165) is 18.3 Å². The van der Waals surface area contributed by atoms with Gasteiger partial charge in [-0.3, -0.25) is 0 Å². The summed E-state index contributed by atoms with van der Waals surface area (Å²) >= 11 is 5.57. The molecule has 0 fully saturated rings. The van der Waals surface area contributed by atoms with Crippen LogP contribution in [0.5, 0.6) is 0 Å². The van der Waals surface area contributed by atoms with Crippen LogP contribution in [0, 0.1) is 0 Å². The van der Waals surface area contributed by atoms with Crippen LogP contribution < -0.4 is 0 Å². The normalized spacial score (nSPS) is 9.55. The van der Waals surface area contributed by atoms with E-state index in [1.54, 1.807) is 12.3 Å². The van der Waals surface area contributed by atoms with E-state index in [1.165, 1.54) is 0 Å². The Morgan fingerprint density at radius 2 is 2.36 bits per heavy atom. The molecule has 1 aromatic rings. The SMILES string of the molecule is O=CCCc1ccc(Cl)nc1. The molecule has 0 aliphatic heterocycles. The molecule has 0 radical (unpaired) electrons. The summed E-state index contributed by atoms with van der Waals surface area (Å²) in [4.78, 5) is 13.9. The van der Waals surface area contributed by atoms with E-state index in [0.29, 0.717) is 11.6 Å². The predicted octanol–water partition coefficient (Wildman–Crippen LogP) is 1.87. The molecule has 0 aromatic carbocycles. The van der Waals surface area contributed by atoms with Crippen molar-refractivity contribution < 1.29 is 4.79 Å². The molecule has 0 aliphatic carbocycles. The lowest BCUT2D eigenvalue weighted by Gasteiger charge is -1.94. The number of hydrogen-bond acceptors (Lipinski definition) is 2. The number of hydrogen-bond donors (Lipinski definition) is 0. The van der Waals surface area contributed by atoms with E-state index in [4.69, 9.17) is 11.6 Å². The molecule has 0 saturated carbocycles.